The van der Waals surface area contributed by atoms with Gasteiger partial charge in [0.15, 0.2) is 0 Å². The molecule has 0 saturated carbocycles. The predicted molar refractivity (Wildman–Crippen MR) is 61.9 cm³/mol. The fraction of sp³-hybridized carbons (Fsp3) is 0.300. The summed E-state index contributed by atoms with van der Waals surface area (Å²) in [6.45, 7) is 3.97. The van der Waals surface area contributed by atoms with Crippen LogP contribution in [0.5, 0.6) is 0 Å². The molecule has 1 aromatic carbocycles. The summed E-state index contributed by atoms with van der Waals surface area (Å²) in [5, 5.41) is 3.64. The average molecular weight is 228 g/mol. The molecule has 0 fully saturated rings. The van der Waals surface area contributed by atoms with Gasteiger partial charge in [0.2, 0.25) is 0 Å². The summed E-state index contributed by atoms with van der Waals surface area (Å²) >= 11 is 5.81. The minimum atomic E-state index is -0.361. The number of hydrazine groups is 1. The van der Waals surface area contributed by atoms with Gasteiger partial charge in [0.1, 0.15) is 0 Å². The summed E-state index contributed by atoms with van der Waals surface area (Å²) in [7, 11) is 0. The van der Waals surface area contributed by atoms with Crippen LogP contribution in [0.1, 0.15) is 24.2 Å². The Bertz CT molecular complexity index is 366. The maximum Gasteiger partial charge on any atom is 0.267 e. The van der Waals surface area contributed by atoms with Gasteiger partial charge in [-0.3, -0.25) is 10.2 Å². The van der Waals surface area contributed by atoms with E-state index in [9.17, 15) is 4.79 Å². The number of rotatable bonds is 3. The van der Waals surface area contributed by atoms with E-state index in [0.717, 1.165) is 5.69 Å². The van der Waals surface area contributed by atoms with Crippen LogP contribution >= 0.6 is 11.6 Å². The van der Waals surface area contributed by atoms with E-state index < -0.39 is 0 Å². The van der Waals surface area contributed by atoms with Crippen LogP contribution in [0, 0.1) is 0 Å². The van der Waals surface area contributed by atoms with Crippen molar-refractivity contribution in [2.45, 2.75) is 19.9 Å². The van der Waals surface area contributed by atoms with E-state index in [1.807, 2.05) is 13.8 Å². The second kappa shape index (κ2) is 5.00. The van der Waals surface area contributed by atoms with Crippen LogP contribution in [-0.2, 0) is 0 Å². The lowest BCUT2D eigenvalue weighted by Gasteiger charge is -2.14. The van der Waals surface area contributed by atoms with Crippen LogP contribution < -0.4 is 16.6 Å². The zero-order valence-electron chi connectivity index (χ0n) is 8.67. The molecule has 1 amide bonds. The first-order chi connectivity index (χ1) is 7.04. The largest absolute Gasteiger partial charge is 0.382 e. The van der Waals surface area contributed by atoms with E-state index in [-0.39, 0.29) is 11.9 Å². The van der Waals surface area contributed by atoms with Crippen molar-refractivity contribution in [2.75, 3.05) is 5.32 Å². The summed E-state index contributed by atoms with van der Waals surface area (Å²) in [6, 6.07) is 5.29. The molecule has 5 heteroatoms. The summed E-state index contributed by atoms with van der Waals surface area (Å²) in [6.07, 6.45) is 0. The van der Waals surface area contributed by atoms with Crippen LogP contribution in [0.25, 0.3) is 0 Å². The zero-order valence-corrected chi connectivity index (χ0v) is 9.43. The third-order valence-corrected chi connectivity index (χ3v) is 2.04. The highest BCUT2D eigenvalue weighted by atomic mass is 35.5. The molecule has 0 radical (unpaired) electrons. The zero-order chi connectivity index (χ0) is 11.4. The molecule has 0 atom stereocenters. The monoisotopic (exact) mass is 227 g/mol. The van der Waals surface area contributed by atoms with Crippen LogP contribution in [0.2, 0.25) is 5.02 Å². The standard InChI is InChI=1S/C10H14ClN3O/c1-6(2)13-9-4-3-7(11)5-8(9)10(15)14-12/h3-6,13H,12H2,1-2H3,(H,14,15). The Labute approximate surface area is 93.8 Å². The summed E-state index contributed by atoms with van der Waals surface area (Å²) in [4.78, 5) is 11.4. The number of nitrogens with one attached hydrogen (secondary N) is 2. The number of carbonyl (C=O) groups excluding carboxylic acids is 1. The highest BCUT2D eigenvalue weighted by Gasteiger charge is 2.11. The third kappa shape index (κ3) is 3.11. The number of benzene rings is 1. The quantitative estimate of drug-likeness (QED) is 0.419. The van der Waals surface area contributed by atoms with Crippen molar-refractivity contribution >= 4 is 23.2 Å². The van der Waals surface area contributed by atoms with Gasteiger partial charge in [-0.25, -0.2) is 5.84 Å². The number of hydrogen-bond acceptors (Lipinski definition) is 3. The second-order valence-electron chi connectivity index (χ2n) is 3.46. The van der Waals surface area contributed by atoms with Gasteiger partial charge in [0.25, 0.3) is 5.91 Å². The third-order valence-electron chi connectivity index (χ3n) is 1.80. The van der Waals surface area contributed by atoms with Gasteiger partial charge >= 0.3 is 0 Å². The number of nitrogen functional groups attached to an aromatic ring is 1. The Balaban J connectivity index is 3.08. The molecule has 0 unspecified atom stereocenters. The molecule has 0 spiro atoms. The van der Waals surface area contributed by atoms with Crippen molar-refractivity contribution in [1.29, 1.82) is 0 Å². The smallest absolute Gasteiger partial charge is 0.267 e. The number of nitrogens with two attached hydrogens (primary N) is 1. The van der Waals surface area contributed by atoms with Crippen molar-refractivity contribution in [2.24, 2.45) is 5.84 Å². The molecule has 4 N–H and O–H groups in total. The fourth-order valence-corrected chi connectivity index (χ4v) is 1.39. The SMILES string of the molecule is CC(C)Nc1ccc(Cl)cc1C(=O)NN. The van der Waals surface area contributed by atoms with Crippen molar-refractivity contribution in [3.8, 4) is 0 Å². The van der Waals surface area contributed by atoms with E-state index in [2.05, 4.69) is 10.7 Å². The average Bonchev–Trinajstić information content (AvgIpc) is 2.19. The van der Waals surface area contributed by atoms with Crippen LogP contribution in [-0.4, -0.2) is 11.9 Å². The topological polar surface area (TPSA) is 67.2 Å². The number of amides is 1. The molecule has 0 bridgehead atoms. The number of carbonyl (C=O) groups is 1. The van der Waals surface area contributed by atoms with Gasteiger partial charge in [-0.05, 0) is 32.0 Å². The lowest BCUT2D eigenvalue weighted by molar-refractivity contribution is 0.0954. The van der Waals surface area contributed by atoms with E-state index in [1.54, 1.807) is 18.2 Å². The molecular formula is C10H14ClN3O. The molecule has 15 heavy (non-hydrogen) atoms. The Morgan fingerprint density at radius 3 is 2.67 bits per heavy atom. The van der Waals surface area contributed by atoms with Gasteiger partial charge in [-0.2, -0.15) is 0 Å². The molecule has 0 aliphatic heterocycles. The Morgan fingerprint density at radius 1 is 1.47 bits per heavy atom. The van der Waals surface area contributed by atoms with E-state index in [4.69, 9.17) is 17.4 Å². The van der Waals surface area contributed by atoms with Gasteiger partial charge in [0, 0.05) is 16.8 Å². The van der Waals surface area contributed by atoms with Crippen LogP contribution in [0.3, 0.4) is 0 Å². The number of halogens is 1. The minimum absolute atomic E-state index is 0.232. The molecule has 82 valence electrons. The molecule has 0 heterocycles. The maximum absolute atomic E-state index is 11.4. The minimum Gasteiger partial charge on any atom is -0.382 e. The Hall–Kier alpha value is -1.26. The molecule has 0 saturated heterocycles. The molecule has 1 rings (SSSR count). The molecular weight excluding hydrogens is 214 g/mol. The highest BCUT2D eigenvalue weighted by Crippen LogP contribution is 2.21. The first-order valence-electron chi connectivity index (χ1n) is 4.61. The first kappa shape index (κ1) is 11.8. The Kier molecular flexibility index (Phi) is 3.94. The first-order valence-corrected chi connectivity index (χ1v) is 4.99. The molecule has 0 aromatic heterocycles. The normalized spacial score (nSPS) is 10.2. The van der Waals surface area contributed by atoms with E-state index in [0.29, 0.717) is 10.6 Å². The highest BCUT2D eigenvalue weighted by molar-refractivity contribution is 6.31. The van der Waals surface area contributed by atoms with Crippen molar-refractivity contribution < 1.29 is 4.79 Å². The van der Waals surface area contributed by atoms with E-state index >= 15 is 0 Å². The summed E-state index contributed by atoms with van der Waals surface area (Å²) < 4.78 is 0. The van der Waals surface area contributed by atoms with Gasteiger partial charge in [0.05, 0.1) is 5.56 Å². The van der Waals surface area contributed by atoms with Crippen molar-refractivity contribution in [1.82, 2.24) is 5.43 Å². The van der Waals surface area contributed by atoms with E-state index in [1.165, 1.54) is 0 Å². The maximum atomic E-state index is 11.4. The van der Waals surface area contributed by atoms with Gasteiger partial charge in [-0.1, -0.05) is 11.6 Å². The van der Waals surface area contributed by atoms with Crippen LogP contribution in [0.4, 0.5) is 5.69 Å². The number of anilines is 1. The van der Waals surface area contributed by atoms with Crippen molar-refractivity contribution in [3.63, 3.8) is 0 Å². The second-order valence-corrected chi connectivity index (χ2v) is 3.90. The van der Waals surface area contributed by atoms with Gasteiger partial charge < -0.3 is 5.32 Å². The molecule has 0 aliphatic carbocycles. The lowest BCUT2D eigenvalue weighted by Crippen LogP contribution is -2.31. The number of hydrogen-bond donors (Lipinski definition) is 3. The van der Waals surface area contributed by atoms with Crippen LogP contribution in [0.15, 0.2) is 18.2 Å². The lowest BCUT2D eigenvalue weighted by atomic mass is 10.1. The molecule has 1 aromatic rings. The van der Waals surface area contributed by atoms with Crippen molar-refractivity contribution in [3.05, 3.63) is 28.8 Å². The van der Waals surface area contributed by atoms with Gasteiger partial charge in [-0.15, -0.1) is 0 Å². The molecule has 4 nitrogen and oxygen atoms in total. The molecule has 0 aliphatic rings. The predicted octanol–water partition coefficient (Wildman–Crippen LogP) is 1.76. The summed E-state index contributed by atoms with van der Waals surface area (Å²) in [5.41, 5.74) is 3.25. The fourth-order valence-electron chi connectivity index (χ4n) is 1.22. The summed E-state index contributed by atoms with van der Waals surface area (Å²) in [5.74, 6) is 4.72. The Morgan fingerprint density at radius 2 is 2.13 bits per heavy atom.